The summed E-state index contributed by atoms with van der Waals surface area (Å²) in [7, 11) is 0. The van der Waals surface area contributed by atoms with E-state index in [1.54, 1.807) is 12.3 Å². The van der Waals surface area contributed by atoms with Gasteiger partial charge in [-0.05, 0) is 30.7 Å². The summed E-state index contributed by atoms with van der Waals surface area (Å²) in [6, 6.07) is 6.01. The topological polar surface area (TPSA) is 92.2 Å². The molecule has 2 aromatic rings. The molecule has 6 heteroatoms. The van der Waals surface area contributed by atoms with Crippen LogP contribution in [-0.2, 0) is 0 Å². The summed E-state index contributed by atoms with van der Waals surface area (Å²) in [5.41, 5.74) is 1.30. The molecule has 2 rings (SSSR count). The predicted octanol–water partition coefficient (Wildman–Crippen LogP) is 1.74. The Bertz CT molecular complexity index is 641. The number of hydrogen-bond acceptors (Lipinski definition) is 4. The molecule has 0 radical (unpaired) electrons. The van der Waals surface area contributed by atoms with Crippen molar-refractivity contribution in [2.75, 3.05) is 5.32 Å². The molecule has 0 saturated heterocycles. The van der Waals surface area contributed by atoms with E-state index in [0.717, 1.165) is 5.56 Å². The van der Waals surface area contributed by atoms with Gasteiger partial charge in [0.15, 0.2) is 0 Å². The lowest BCUT2D eigenvalue weighted by molar-refractivity contribution is 0.0690. The lowest BCUT2D eigenvalue weighted by Gasteiger charge is -2.07. The molecular formula is C13H11N3O3. The van der Waals surface area contributed by atoms with Gasteiger partial charge < -0.3 is 10.4 Å². The van der Waals surface area contributed by atoms with Crippen molar-refractivity contribution in [1.29, 1.82) is 0 Å². The fourth-order valence-corrected chi connectivity index (χ4v) is 1.46. The van der Waals surface area contributed by atoms with Crippen LogP contribution < -0.4 is 5.32 Å². The smallest absolute Gasteiger partial charge is 0.354 e. The van der Waals surface area contributed by atoms with Gasteiger partial charge in [0.25, 0.3) is 5.91 Å². The molecular weight excluding hydrogens is 246 g/mol. The first-order valence-corrected chi connectivity index (χ1v) is 5.50. The predicted molar refractivity (Wildman–Crippen MR) is 68.1 cm³/mol. The van der Waals surface area contributed by atoms with Crippen molar-refractivity contribution in [3.8, 4) is 0 Å². The molecule has 0 aliphatic carbocycles. The molecule has 0 aliphatic rings. The highest BCUT2D eigenvalue weighted by molar-refractivity contribution is 6.03. The van der Waals surface area contributed by atoms with Crippen LogP contribution in [0.25, 0.3) is 0 Å². The molecule has 0 aromatic carbocycles. The zero-order valence-electron chi connectivity index (χ0n) is 10.1. The van der Waals surface area contributed by atoms with E-state index in [4.69, 9.17) is 5.11 Å². The Balaban J connectivity index is 2.23. The average molecular weight is 257 g/mol. The fourth-order valence-electron chi connectivity index (χ4n) is 1.46. The highest BCUT2D eigenvalue weighted by Crippen LogP contribution is 2.12. The Morgan fingerprint density at radius 2 is 1.95 bits per heavy atom. The summed E-state index contributed by atoms with van der Waals surface area (Å²) in [6.45, 7) is 1.83. The monoisotopic (exact) mass is 257 g/mol. The van der Waals surface area contributed by atoms with Crippen LogP contribution in [0.1, 0.15) is 26.5 Å². The zero-order chi connectivity index (χ0) is 13.8. The van der Waals surface area contributed by atoms with Crippen LogP contribution >= 0.6 is 0 Å². The van der Waals surface area contributed by atoms with Gasteiger partial charge in [0.2, 0.25) is 0 Å². The molecule has 2 N–H and O–H groups in total. The number of carbonyl (C=O) groups excluding carboxylic acids is 1. The van der Waals surface area contributed by atoms with Crippen LogP contribution in [0.4, 0.5) is 5.69 Å². The summed E-state index contributed by atoms with van der Waals surface area (Å²) in [6.07, 6.45) is 3.14. The molecule has 0 fully saturated rings. The van der Waals surface area contributed by atoms with Gasteiger partial charge in [0, 0.05) is 6.20 Å². The average Bonchev–Trinajstić information content (AvgIpc) is 2.41. The summed E-state index contributed by atoms with van der Waals surface area (Å²) in [4.78, 5) is 30.4. The number of nitrogens with one attached hydrogen (secondary N) is 1. The number of amides is 1. The summed E-state index contributed by atoms with van der Waals surface area (Å²) in [5, 5.41) is 11.5. The molecule has 0 spiro atoms. The number of aromatic nitrogens is 2. The largest absolute Gasteiger partial charge is 0.477 e. The molecule has 96 valence electrons. The Morgan fingerprint density at radius 3 is 2.63 bits per heavy atom. The number of aromatic carboxylic acids is 1. The van der Waals surface area contributed by atoms with E-state index < -0.39 is 11.9 Å². The number of carboxylic acid groups (broad SMARTS) is 1. The zero-order valence-corrected chi connectivity index (χ0v) is 10.1. The van der Waals surface area contributed by atoms with E-state index in [-0.39, 0.29) is 11.4 Å². The van der Waals surface area contributed by atoms with Gasteiger partial charge in [-0.1, -0.05) is 6.07 Å². The van der Waals surface area contributed by atoms with Crippen molar-refractivity contribution in [1.82, 2.24) is 9.97 Å². The van der Waals surface area contributed by atoms with E-state index in [2.05, 4.69) is 15.3 Å². The molecule has 2 aromatic heterocycles. The minimum absolute atomic E-state index is 0.0446. The highest BCUT2D eigenvalue weighted by Gasteiger charge is 2.12. The Hall–Kier alpha value is -2.76. The SMILES string of the molecule is Cc1ccncc1NC(=O)c1cccc(C(=O)O)n1. The van der Waals surface area contributed by atoms with Crippen molar-refractivity contribution in [3.05, 3.63) is 53.6 Å². The third kappa shape index (κ3) is 2.92. The maximum Gasteiger partial charge on any atom is 0.354 e. The molecule has 0 bridgehead atoms. The van der Waals surface area contributed by atoms with Crippen molar-refractivity contribution < 1.29 is 14.7 Å². The van der Waals surface area contributed by atoms with Gasteiger partial charge in [0.05, 0.1) is 11.9 Å². The van der Waals surface area contributed by atoms with E-state index >= 15 is 0 Å². The third-order valence-electron chi connectivity index (χ3n) is 2.49. The number of hydrogen-bond donors (Lipinski definition) is 2. The van der Waals surface area contributed by atoms with E-state index in [9.17, 15) is 9.59 Å². The number of carbonyl (C=O) groups is 2. The molecule has 0 atom stereocenters. The normalized spacial score (nSPS) is 9.95. The molecule has 19 heavy (non-hydrogen) atoms. The summed E-state index contributed by atoms with van der Waals surface area (Å²) < 4.78 is 0. The Kier molecular flexibility index (Phi) is 3.51. The fraction of sp³-hybridized carbons (Fsp3) is 0.0769. The van der Waals surface area contributed by atoms with Gasteiger partial charge in [-0.15, -0.1) is 0 Å². The second-order valence-corrected chi connectivity index (χ2v) is 3.86. The standard InChI is InChI=1S/C13H11N3O3/c1-8-5-6-14-7-11(8)16-12(17)9-3-2-4-10(15-9)13(18)19/h2-7H,1H3,(H,16,17)(H,18,19). The lowest BCUT2D eigenvalue weighted by Crippen LogP contribution is -2.16. The molecule has 6 nitrogen and oxygen atoms in total. The minimum Gasteiger partial charge on any atom is -0.477 e. The second-order valence-electron chi connectivity index (χ2n) is 3.86. The summed E-state index contributed by atoms with van der Waals surface area (Å²) in [5.74, 6) is -1.65. The van der Waals surface area contributed by atoms with Crippen molar-refractivity contribution >= 4 is 17.6 Å². The molecule has 0 saturated carbocycles. The van der Waals surface area contributed by atoms with Gasteiger partial charge in [-0.3, -0.25) is 9.78 Å². The molecule has 0 unspecified atom stereocenters. The van der Waals surface area contributed by atoms with Crippen LogP contribution in [0.3, 0.4) is 0 Å². The molecule has 1 amide bonds. The van der Waals surface area contributed by atoms with Gasteiger partial charge >= 0.3 is 5.97 Å². The van der Waals surface area contributed by atoms with E-state index in [0.29, 0.717) is 5.69 Å². The number of aryl methyl sites for hydroxylation is 1. The highest BCUT2D eigenvalue weighted by atomic mass is 16.4. The first-order chi connectivity index (χ1) is 9.08. The van der Waals surface area contributed by atoms with Gasteiger partial charge in [-0.2, -0.15) is 0 Å². The van der Waals surface area contributed by atoms with E-state index in [1.165, 1.54) is 24.4 Å². The van der Waals surface area contributed by atoms with Crippen LogP contribution in [0.2, 0.25) is 0 Å². The molecule has 0 aliphatic heterocycles. The molecule has 2 heterocycles. The minimum atomic E-state index is -1.17. The first-order valence-electron chi connectivity index (χ1n) is 5.50. The maximum atomic E-state index is 11.9. The van der Waals surface area contributed by atoms with Crippen LogP contribution in [0.15, 0.2) is 36.7 Å². The van der Waals surface area contributed by atoms with E-state index in [1.807, 2.05) is 6.92 Å². The second kappa shape index (κ2) is 5.26. The van der Waals surface area contributed by atoms with Gasteiger partial charge in [0.1, 0.15) is 11.4 Å². The number of pyridine rings is 2. The number of carboxylic acids is 1. The number of anilines is 1. The van der Waals surface area contributed by atoms with Crippen molar-refractivity contribution in [3.63, 3.8) is 0 Å². The Morgan fingerprint density at radius 1 is 1.21 bits per heavy atom. The number of nitrogens with zero attached hydrogens (tertiary/aromatic N) is 2. The van der Waals surface area contributed by atoms with Crippen LogP contribution in [0, 0.1) is 6.92 Å². The lowest BCUT2D eigenvalue weighted by atomic mass is 10.2. The quantitative estimate of drug-likeness (QED) is 0.873. The summed E-state index contributed by atoms with van der Waals surface area (Å²) >= 11 is 0. The van der Waals surface area contributed by atoms with Crippen LogP contribution in [-0.4, -0.2) is 27.0 Å². The Labute approximate surface area is 109 Å². The first kappa shape index (κ1) is 12.7. The maximum absolute atomic E-state index is 11.9. The van der Waals surface area contributed by atoms with Gasteiger partial charge in [-0.25, -0.2) is 9.78 Å². The van der Waals surface area contributed by atoms with Crippen molar-refractivity contribution in [2.45, 2.75) is 6.92 Å². The van der Waals surface area contributed by atoms with Crippen LogP contribution in [0.5, 0.6) is 0 Å². The number of rotatable bonds is 3. The van der Waals surface area contributed by atoms with Crippen molar-refractivity contribution in [2.24, 2.45) is 0 Å². The third-order valence-corrected chi connectivity index (χ3v) is 2.49.